The summed E-state index contributed by atoms with van der Waals surface area (Å²) in [7, 11) is 0. The van der Waals surface area contributed by atoms with Gasteiger partial charge < -0.3 is 20.2 Å². The lowest BCUT2D eigenvalue weighted by atomic mass is 10.2. The van der Waals surface area contributed by atoms with Gasteiger partial charge in [-0.3, -0.25) is 4.79 Å². The summed E-state index contributed by atoms with van der Waals surface area (Å²) in [5, 5.41) is 16.8. The van der Waals surface area contributed by atoms with Gasteiger partial charge in [0.15, 0.2) is 0 Å². The number of amides is 1. The smallest absolute Gasteiger partial charge is 0.489 e. The van der Waals surface area contributed by atoms with E-state index in [9.17, 15) is 14.9 Å². The van der Waals surface area contributed by atoms with Gasteiger partial charge >= 0.3 is 5.95 Å². The van der Waals surface area contributed by atoms with E-state index in [1.807, 2.05) is 30.3 Å². The molecular weight excluding hydrogens is 338 g/mol. The Morgan fingerprint density at radius 1 is 1.15 bits per heavy atom. The topological polar surface area (TPSA) is 112 Å². The highest BCUT2D eigenvalue weighted by Crippen LogP contribution is 2.17. The number of benzene rings is 2. The summed E-state index contributed by atoms with van der Waals surface area (Å²) in [5.74, 6) is -0.237. The molecule has 0 bridgehead atoms. The number of carbonyl (C=O) groups is 1. The number of nitrogens with one attached hydrogen (secondary N) is 1. The van der Waals surface area contributed by atoms with Crippen LogP contribution in [0.15, 0.2) is 60.9 Å². The van der Waals surface area contributed by atoms with E-state index in [1.54, 1.807) is 24.3 Å². The predicted octanol–water partition coefficient (Wildman–Crippen LogP) is 2.40. The van der Waals surface area contributed by atoms with Crippen LogP contribution in [0.2, 0.25) is 0 Å². The average Bonchev–Trinajstić information content (AvgIpc) is 3.11. The van der Waals surface area contributed by atoms with Crippen molar-refractivity contribution in [3.63, 3.8) is 0 Å². The minimum absolute atomic E-state index is 0.174. The zero-order valence-electron chi connectivity index (χ0n) is 13.6. The second-order valence-electron chi connectivity index (χ2n) is 5.35. The monoisotopic (exact) mass is 353 g/mol. The Hall–Kier alpha value is -3.75. The molecule has 1 aromatic heterocycles. The van der Waals surface area contributed by atoms with E-state index in [1.165, 1.54) is 0 Å². The summed E-state index contributed by atoms with van der Waals surface area (Å²) in [6.45, 7) is 0.282. The molecule has 0 unspecified atom stereocenters. The van der Waals surface area contributed by atoms with Crippen molar-refractivity contribution in [2.75, 3.05) is 5.32 Å². The van der Waals surface area contributed by atoms with Gasteiger partial charge in [0.05, 0.1) is 0 Å². The number of nitro groups is 1. The van der Waals surface area contributed by atoms with Crippen LogP contribution in [0, 0.1) is 10.1 Å². The van der Waals surface area contributed by atoms with Crippen molar-refractivity contribution in [1.82, 2.24) is 14.8 Å². The van der Waals surface area contributed by atoms with Crippen LogP contribution >= 0.6 is 0 Å². The van der Waals surface area contributed by atoms with Gasteiger partial charge in [-0.05, 0) is 34.8 Å². The molecule has 0 radical (unpaired) electrons. The molecule has 3 rings (SSSR count). The number of aromatic nitrogens is 3. The normalized spacial score (nSPS) is 10.3. The number of rotatable bonds is 7. The van der Waals surface area contributed by atoms with Crippen LogP contribution < -0.4 is 10.1 Å². The van der Waals surface area contributed by atoms with E-state index >= 15 is 0 Å². The molecule has 2 aromatic carbocycles. The zero-order chi connectivity index (χ0) is 18.4. The standard InChI is InChI=1S/C17H15N5O4/c23-16(10-21-12-18-17(20-21)22(24)25)19-14-6-8-15(9-7-14)26-11-13-4-2-1-3-5-13/h1-9,12H,10-11H2,(H,19,23). The van der Waals surface area contributed by atoms with Gasteiger partial charge in [0, 0.05) is 10.8 Å². The molecule has 1 heterocycles. The van der Waals surface area contributed by atoms with Gasteiger partial charge in [0.25, 0.3) is 0 Å². The quantitative estimate of drug-likeness (QED) is 0.515. The first kappa shape index (κ1) is 17.1. The van der Waals surface area contributed by atoms with Crippen LogP contribution in [0.5, 0.6) is 5.75 Å². The predicted molar refractivity (Wildman–Crippen MR) is 92.5 cm³/mol. The number of nitrogens with zero attached hydrogens (tertiary/aromatic N) is 4. The summed E-state index contributed by atoms with van der Waals surface area (Å²) < 4.78 is 6.78. The van der Waals surface area contributed by atoms with Crippen LogP contribution in [0.3, 0.4) is 0 Å². The fourth-order valence-electron chi connectivity index (χ4n) is 2.17. The first-order valence-electron chi connectivity index (χ1n) is 7.70. The molecule has 9 heteroatoms. The molecular formula is C17H15N5O4. The minimum Gasteiger partial charge on any atom is -0.489 e. The summed E-state index contributed by atoms with van der Waals surface area (Å²) >= 11 is 0. The van der Waals surface area contributed by atoms with Gasteiger partial charge in [0.1, 0.15) is 18.9 Å². The molecule has 9 nitrogen and oxygen atoms in total. The molecule has 0 fully saturated rings. The number of ether oxygens (including phenoxy) is 1. The third-order valence-corrected chi connectivity index (χ3v) is 3.38. The Labute approximate surface area is 148 Å². The number of anilines is 1. The summed E-state index contributed by atoms with van der Waals surface area (Å²) in [6, 6.07) is 16.7. The maximum absolute atomic E-state index is 12.0. The first-order valence-corrected chi connectivity index (χ1v) is 7.70. The highest BCUT2D eigenvalue weighted by molar-refractivity contribution is 5.90. The fraction of sp³-hybridized carbons (Fsp3) is 0.118. The van der Waals surface area contributed by atoms with Crippen LogP contribution in [0.4, 0.5) is 11.6 Å². The summed E-state index contributed by atoms with van der Waals surface area (Å²) in [4.78, 5) is 25.2. The van der Waals surface area contributed by atoms with Crippen molar-refractivity contribution in [3.8, 4) is 5.75 Å². The van der Waals surface area contributed by atoms with Crippen molar-refractivity contribution in [2.24, 2.45) is 0 Å². The first-order chi connectivity index (χ1) is 12.6. The summed E-state index contributed by atoms with van der Waals surface area (Å²) in [5.41, 5.74) is 1.64. The van der Waals surface area contributed by atoms with Crippen molar-refractivity contribution in [2.45, 2.75) is 13.2 Å². The Balaban J connectivity index is 1.51. The van der Waals surface area contributed by atoms with E-state index in [-0.39, 0.29) is 12.5 Å². The van der Waals surface area contributed by atoms with Crippen LogP contribution in [0.1, 0.15) is 5.56 Å². The van der Waals surface area contributed by atoms with E-state index in [2.05, 4.69) is 15.4 Å². The Morgan fingerprint density at radius 3 is 2.54 bits per heavy atom. The van der Waals surface area contributed by atoms with Crippen molar-refractivity contribution in [1.29, 1.82) is 0 Å². The molecule has 1 amide bonds. The lowest BCUT2D eigenvalue weighted by Crippen LogP contribution is -2.19. The summed E-state index contributed by atoms with van der Waals surface area (Å²) in [6.07, 6.45) is 1.14. The third-order valence-electron chi connectivity index (χ3n) is 3.38. The van der Waals surface area contributed by atoms with Gasteiger partial charge in [-0.2, -0.15) is 4.68 Å². The Bertz CT molecular complexity index is 893. The van der Waals surface area contributed by atoms with E-state index < -0.39 is 10.9 Å². The molecule has 132 valence electrons. The molecule has 0 aliphatic carbocycles. The molecule has 1 N–H and O–H groups in total. The lowest BCUT2D eigenvalue weighted by Gasteiger charge is -2.08. The number of carbonyl (C=O) groups excluding carboxylic acids is 1. The highest BCUT2D eigenvalue weighted by atomic mass is 16.6. The van der Waals surface area contributed by atoms with Gasteiger partial charge in [-0.1, -0.05) is 35.3 Å². The fourth-order valence-corrected chi connectivity index (χ4v) is 2.17. The van der Waals surface area contributed by atoms with Crippen LogP contribution in [0.25, 0.3) is 0 Å². The molecule has 0 spiro atoms. The van der Waals surface area contributed by atoms with Gasteiger partial charge in [-0.25, -0.2) is 0 Å². The largest absolute Gasteiger partial charge is 0.490 e. The highest BCUT2D eigenvalue weighted by Gasteiger charge is 2.15. The molecule has 3 aromatic rings. The van der Waals surface area contributed by atoms with Crippen molar-refractivity contribution < 1.29 is 14.5 Å². The molecule has 0 aliphatic rings. The Kier molecular flexibility index (Phi) is 5.18. The van der Waals surface area contributed by atoms with E-state index in [0.717, 1.165) is 16.6 Å². The molecule has 0 aliphatic heterocycles. The second-order valence-corrected chi connectivity index (χ2v) is 5.35. The third kappa shape index (κ3) is 4.63. The number of hydrogen-bond donors (Lipinski definition) is 1. The maximum atomic E-state index is 12.0. The van der Waals surface area contributed by atoms with E-state index in [0.29, 0.717) is 18.0 Å². The SMILES string of the molecule is O=C(Cn1cnc([N+](=O)[O-])n1)Nc1ccc(OCc2ccccc2)cc1. The van der Waals surface area contributed by atoms with E-state index in [4.69, 9.17) is 4.74 Å². The molecule has 0 atom stereocenters. The maximum Gasteiger partial charge on any atom is 0.490 e. The zero-order valence-corrected chi connectivity index (χ0v) is 13.6. The molecule has 0 saturated heterocycles. The van der Waals surface area contributed by atoms with Gasteiger partial charge in [-0.15, -0.1) is 0 Å². The average molecular weight is 353 g/mol. The molecule has 26 heavy (non-hydrogen) atoms. The minimum atomic E-state index is -0.720. The van der Waals surface area contributed by atoms with Crippen LogP contribution in [-0.2, 0) is 17.9 Å². The lowest BCUT2D eigenvalue weighted by molar-refractivity contribution is -0.394. The van der Waals surface area contributed by atoms with Crippen LogP contribution in [-0.4, -0.2) is 25.6 Å². The van der Waals surface area contributed by atoms with Crippen molar-refractivity contribution in [3.05, 3.63) is 76.6 Å². The van der Waals surface area contributed by atoms with Crippen molar-refractivity contribution >= 4 is 17.5 Å². The second kappa shape index (κ2) is 7.88. The molecule has 0 saturated carbocycles. The number of hydrogen-bond acceptors (Lipinski definition) is 6. The Morgan fingerprint density at radius 2 is 1.88 bits per heavy atom. The van der Waals surface area contributed by atoms with Gasteiger partial charge in [0.2, 0.25) is 12.2 Å².